The van der Waals surface area contributed by atoms with Crippen LogP contribution in [-0.4, -0.2) is 23.6 Å². The average Bonchev–Trinajstić information content (AvgIpc) is 2.85. The first-order valence-electron chi connectivity index (χ1n) is 7.50. The molecule has 0 fully saturated rings. The summed E-state index contributed by atoms with van der Waals surface area (Å²) >= 11 is 3.93. The highest BCUT2D eigenvalue weighted by Gasteiger charge is 2.13. The molecule has 0 saturated heterocycles. The Balaban J connectivity index is 2.05. The van der Waals surface area contributed by atoms with Gasteiger partial charge in [-0.25, -0.2) is 0 Å². The molecule has 110 valence electrons. The van der Waals surface area contributed by atoms with Gasteiger partial charge in [-0.1, -0.05) is 39.0 Å². The zero-order valence-corrected chi connectivity index (χ0v) is 14.3. The summed E-state index contributed by atoms with van der Waals surface area (Å²) in [6.07, 6.45) is 2.34. The van der Waals surface area contributed by atoms with E-state index < -0.39 is 0 Å². The number of hydrogen-bond donors (Lipinski definition) is 1. The second kappa shape index (κ2) is 8.06. The number of thiophene rings is 1. The van der Waals surface area contributed by atoms with Crippen molar-refractivity contribution in [1.29, 1.82) is 0 Å². The minimum atomic E-state index is 0.584. The van der Waals surface area contributed by atoms with Crippen molar-refractivity contribution in [2.75, 3.05) is 12.3 Å². The maximum Gasteiger partial charge on any atom is 0.0345 e. The van der Waals surface area contributed by atoms with Gasteiger partial charge in [0.1, 0.15) is 0 Å². The Morgan fingerprint density at radius 1 is 1.25 bits per heavy atom. The van der Waals surface area contributed by atoms with E-state index in [9.17, 15) is 0 Å². The van der Waals surface area contributed by atoms with Crippen LogP contribution in [0.5, 0.6) is 0 Å². The zero-order valence-electron chi connectivity index (χ0n) is 12.7. The number of nitrogens with one attached hydrogen (secondary N) is 1. The van der Waals surface area contributed by atoms with Gasteiger partial charge in [0.25, 0.3) is 0 Å². The molecule has 0 spiro atoms. The Hall–Kier alpha value is -0.510. The monoisotopic (exact) mass is 307 g/mol. The molecule has 1 aromatic heterocycles. The molecule has 1 heterocycles. The summed E-state index contributed by atoms with van der Waals surface area (Å²) in [5.74, 6) is 1.20. The van der Waals surface area contributed by atoms with Gasteiger partial charge < -0.3 is 5.32 Å². The molecular formula is C17H25NS2. The van der Waals surface area contributed by atoms with Crippen LogP contribution in [0.2, 0.25) is 0 Å². The SMILES string of the molecule is CCCNC(CSC(C)C)Cc1csc2ccccc12. The van der Waals surface area contributed by atoms with Gasteiger partial charge in [-0.3, -0.25) is 0 Å². The number of rotatable bonds is 8. The normalized spacial score (nSPS) is 13.2. The van der Waals surface area contributed by atoms with Gasteiger partial charge >= 0.3 is 0 Å². The van der Waals surface area contributed by atoms with Crippen LogP contribution in [0.1, 0.15) is 32.8 Å². The smallest absolute Gasteiger partial charge is 0.0345 e. The van der Waals surface area contributed by atoms with Crippen LogP contribution in [0.25, 0.3) is 10.1 Å². The van der Waals surface area contributed by atoms with Gasteiger partial charge in [0.15, 0.2) is 0 Å². The first-order chi connectivity index (χ1) is 9.70. The van der Waals surface area contributed by atoms with E-state index in [1.807, 2.05) is 11.3 Å². The van der Waals surface area contributed by atoms with Gasteiger partial charge in [0, 0.05) is 16.5 Å². The lowest BCUT2D eigenvalue weighted by Crippen LogP contribution is -2.34. The van der Waals surface area contributed by atoms with E-state index in [-0.39, 0.29) is 0 Å². The molecule has 0 radical (unpaired) electrons. The maximum atomic E-state index is 3.71. The van der Waals surface area contributed by atoms with E-state index >= 15 is 0 Å². The average molecular weight is 308 g/mol. The third-order valence-electron chi connectivity index (χ3n) is 3.34. The van der Waals surface area contributed by atoms with Crippen LogP contribution in [0.15, 0.2) is 29.6 Å². The Labute approximate surface area is 131 Å². The summed E-state index contributed by atoms with van der Waals surface area (Å²) in [5.41, 5.74) is 1.50. The van der Waals surface area contributed by atoms with Crippen molar-refractivity contribution >= 4 is 33.2 Å². The zero-order chi connectivity index (χ0) is 14.4. The van der Waals surface area contributed by atoms with Gasteiger partial charge in [0.2, 0.25) is 0 Å². The quantitative estimate of drug-likeness (QED) is 0.740. The van der Waals surface area contributed by atoms with E-state index in [0.717, 1.165) is 13.0 Å². The molecule has 1 N–H and O–H groups in total. The van der Waals surface area contributed by atoms with Crippen LogP contribution in [0.3, 0.4) is 0 Å². The van der Waals surface area contributed by atoms with Crippen molar-refractivity contribution in [2.45, 2.75) is 44.9 Å². The molecule has 0 aliphatic carbocycles. The van der Waals surface area contributed by atoms with Gasteiger partial charge in [0.05, 0.1) is 0 Å². The van der Waals surface area contributed by atoms with Gasteiger partial charge in [-0.15, -0.1) is 11.3 Å². The summed E-state index contributed by atoms with van der Waals surface area (Å²) in [6.45, 7) is 7.91. The predicted molar refractivity (Wildman–Crippen MR) is 95.2 cm³/mol. The summed E-state index contributed by atoms with van der Waals surface area (Å²) in [6, 6.07) is 9.34. The van der Waals surface area contributed by atoms with E-state index in [0.29, 0.717) is 11.3 Å². The Kier molecular flexibility index (Phi) is 6.40. The summed E-state index contributed by atoms with van der Waals surface area (Å²) in [7, 11) is 0. The van der Waals surface area contributed by atoms with E-state index in [1.165, 1.54) is 27.8 Å². The van der Waals surface area contributed by atoms with Crippen LogP contribution in [0.4, 0.5) is 0 Å². The molecule has 1 nitrogen and oxygen atoms in total. The number of hydrogen-bond acceptors (Lipinski definition) is 3. The molecule has 0 saturated carbocycles. The third kappa shape index (κ3) is 4.51. The minimum absolute atomic E-state index is 0.584. The summed E-state index contributed by atoms with van der Waals surface area (Å²) in [4.78, 5) is 0. The second-order valence-electron chi connectivity index (χ2n) is 5.49. The fraction of sp³-hybridized carbons (Fsp3) is 0.529. The molecular weight excluding hydrogens is 282 g/mol. The van der Waals surface area contributed by atoms with Gasteiger partial charge in [-0.05, 0) is 47.0 Å². The first kappa shape index (κ1) is 15.9. The molecule has 1 aromatic carbocycles. The molecule has 0 aliphatic rings. The van der Waals surface area contributed by atoms with Crippen molar-refractivity contribution in [3.63, 3.8) is 0 Å². The second-order valence-corrected chi connectivity index (χ2v) is 8.02. The molecule has 0 bridgehead atoms. The lowest BCUT2D eigenvalue weighted by molar-refractivity contribution is 0.551. The highest BCUT2D eigenvalue weighted by atomic mass is 32.2. The highest BCUT2D eigenvalue weighted by molar-refractivity contribution is 7.99. The van der Waals surface area contributed by atoms with E-state index in [4.69, 9.17) is 0 Å². The summed E-state index contributed by atoms with van der Waals surface area (Å²) < 4.78 is 1.41. The van der Waals surface area contributed by atoms with E-state index in [1.54, 1.807) is 0 Å². The molecule has 0 aliphatic heterocycles. The lowest BCUT2D eigenvalue weighted by Gasteiger charge is -2.19. The van der Waals surface area contributed by atoms with Crippen molar-refractivity contribution in [3.05, 3.63) is 35.2 Å². The first-order valence-corrected chi connectivity index (χ1v) is 9.43. The molecule has 1 unspecified atom stereocenters. The van der Waals surface area contributed by atoms with Crippen molar-refractivity contribution in [1.82, 2.24) is 5.32 Å². The van der Waals surface area contributed by atoms with Gasteiger partial charge in [-0.2, -0.15) is 11.8 Å². The van der Waals surface area contributed by atoms with Crippen molar-refractivity contribution < 1.29 is 0 Å². The lowest BCUT2D eigenvalue weighted by atomic mass is 10.1. The summed E-state index contributed by atoms with van der Waals surface area (Å²) in [5, 5.41) is 8.20. The fourth-order valence-corrected chi connectivity index (χ4v) is 4.13. The highest BCUT2D eigenvalue weighted by Crippen LogP contribution is 2.27. The molecule has 1 atom stereocenters. The van der Waals surface area contributed by atoms with Crippen LogP contribution in [-0.2, 0) is 6.42 Å². The molecule has 0 amide bonds. The van der Waals surface area contributed by atoms with Crippen LogP contribution in [0, 0.1) is 0 Å². The van der Waals surface area contributed by atoms with E-state index in [2.05, 4.69) is 67.5 Å². The molecule has 2 rings (SSSR count). The Morgan fingerprint density at radius 3 is 2.80 bits per heavy atom. The van der Waals surface area contributed by atoms with Crippen molar-refractivity contribution in [3.8, 4) is 0 Å². The minimum Gasteiger partial charge on any atom is -0.313 e. The number of fused-ring (bicyclic) bond motifs is 1. The Bertz CT molecular complexity index is 518. The molecule has 3 heteroatoms. The topological polar surface area (TPSA) is 12.0 Å². The predicted octanol–water partition coefficient (Wildman–Crippen LogP) is 4.95. The third-order valence-corrected chi connectivity index (χ3v) is 5.62. The fourth-order valence-electron chi connectivity index (χ4n) is 2.30. The maximum absolute atomic E-state index is 3.71. The number of thioether (sulfide) groups is 1. The molecule has 2 aromatic rings. The largest absolute Gasteiger partial charge is 0.313 e. The standard InChI is InChI=1S/C17H25NS2/c1-4-9-18-15(12-19-13(2)3)10-14-11-20-17-8-6-5-7-16(14)17/h5-8,11,13,15,18H,4,9-10,12H2,1-3H3. The molecule has 20 heavy (non-hydrogen) atoms. The van der Waals surface area contributed by atoms with Crippen molar-refractivity contribution in [2.24, 2.45) is 0 Å². The number of benzene rings is 1. The van der Waals surface area contributed by atoms with Crippen LogP contribution < -0.4 is 5.32 Å². The Morgan fingerprint density at radius 2 is 2.05 bits per heavy atom. The van der Waals surface area contributed by atoms with Crippen LogP contribution >= 0.6 is 23.1 Å².